The maximum absolute atomic E-state index is 9.00. The minimum absolute atomic E-state index is 0.721. The molecule has 0 radical (unpaired) electrons. The van der Waals surface area contributed by atoms with Gasteiger partial charge in [-0.2, -0.15) is 5.26 Å². The summed E-state index contributed by atoms with van der Waals surface area (Å²) in [7, 11) is 2.09. The van der Waals surface area contributed by atoms with Crippen LogP contribution in [0.3, 0.4) is 0 Å². The van der Waals surface area contributed by atoms with Crippen molar-refractivity contribution in [3.8, 4) is 6.07 Å². The first-order chi connectivity index (χ1) is 7.69. The van der Waals surface area contributed by atoms with Gasteiger partial charge < -0.3 is 10.2 Å². The Labute approximate surface area is 97.7 Å². The zero-order chi connectivity index (χ0) is 12.0. The average molecular weight is 217 g/mol. The van der Waals surface area contributed by atoms with Crippen LogP contribution in [-0.2, 0) is 0 Å². The zero-order valence-corrected chi connectivity index (χ0v) is 10.2. The van der Waals surface area contributed by atoms with Crippen molar-refractivity contribution in [3.63, 3.8) is 0 Å². The van der Waals surface area contributed by atoms with Gasteiger partial charge >= 0.3 is 0 Å². The molecule has 0 saturated heterocycles. The summed E-state index contributed by atoms with van der Waals surface area (Å²) in [5, 5.41) is 12.3. The summed E-state index contributed by atoms with van der Waals surface area (Å²) in [6.07, 6.45) is 0. The number of nitrogens with zero attached hydrogens (tertiary/aromatic N) is 2. The second-order valence-corrected chi connectivity index (χ2v) is 3.93. The van der Waals surface area contributed by atoms with E-state index in [1.54, 1.807) is 0 Å². The van der Waals surface area contributed by atoms with Crippen LogP contribution in [0.1, 0.15) is 18.1 Å². The number of likely N-dealkylation sites (N-methyl/N-ethyl adjacent to an activating group) is 1. The molecule has 3 heteroatoms. The summed E-state index contributed by atoms with van der Waals surface area (Å²) in [6, 6.07) is 7.99. The number of hydrogen-bond donors (Lipinski definition) is 1. The predicted octanol–water partition coefficient (Wildman–Crippen LogP) is 2.23. The highest BCUT2D eigenvalue weighted by molar-refractivity contribution is 5.62. The van der Waals surface area contributed by atoms with Gasteiger partial charge in [-0.25, -0.2) is 0 Å². The van der Waals surface area contributed by atoms with Crippen molar-refractivity contribution in [3.05, 3.63) is 29.3 Å². The van der Waals surface area contributed by atoms with Crippen LogP contribution in [0.15, 0.2) is 18.2 Å². The van der Waals surface area contributed by atoms with Crippen LogP contribution in [0.2, 0.25) is 0 Å². The van der Waals surface area contributed by atoms with Gasteiger partial charge in [-0.1, -0.05) is 19.1 Å². The molecule has 0 aliphatic rings. The van der Waals surface area contributed by atoms with Gasteiger partial charge in [-0.15, -0.1) is 0 Å². The van der Waals surface area contributed by atoms with Gasteiger partial charge in [0, 0.05) is 13.1 Å². The van der Waals surface area contributed by atoms with Crippen molar-refractivity contribution in [1.29, 1.82) is 5.26 Å². The van der Waals surface area contributed by atoms with Gasteiger partial charge in [-0.3, -0.25) is 0 Å². The first-order valence-corrected chi connectivity index (χ1v) is 5.61. The van der Waals surface area contributed by atoms with Crippen molar-refractivity contribution < 1.29 is 0 Å². The van der Waals surface area contributed by atoms with Crippen molar-refractivity contribution in [2.75, 3.05) is 32.0 Å². The predicted molar refractivity (Wildman–Crippen MR) is 67.6 cm³/mol. The minimum Gasteiger partial charge on any atom is -0.382 e. The highest BCUT2D eigenvalue weighted by Crippen LogP contribution is 2.19. The maximum atomic E-state index is 9.00. The van der Waals surface area contributed by atoms with Crippen molar-refractivity contribution in [2.24, 2.45) is 0 Å². The van der Waals surface area contributed by atoms with Crippen LogP contribution in [0.25, 0.3) is 0 Å². The molecule has 1 rings (SSSR count). The lowest BCUT2D eigenvalue weighted by Gasteiger charge is -2.16. The average Bonchev–Trinajstić information content (AvgIpc) is 2.30. The standard InChI is InChI=1S/C13H19N3/c1-4-16(3)9-8-15-13-11(2)6-5-7-12(13)10-14/h5-7,15H,4,8-9H2,1-3H3. The van der Waals surface area contributed by atoms with E-state index < -0.39 is 0 Å². The second kappa shape index (κ2) is 6.14. The molecule has 1 aromatic carbocycles. The van der Waals surface area contributed by atoms with Gasteiger partial charge in [0.2, 0.25) is 0 Å². The van der Waals surface area contributed by atoms with E-state index in [0.29, 0.717) is 0 Å². The van der Waals surface area contributed by atoms with Gasteiger partial charge in [0.25, 0.3) is 0 Å². The third kappa shape index (κ3) is 3.25. The molecule has 0 aliphatic heterocycles. The maximum Gasteiger partial charge on any atom is 0.101 e. The van der Waals surface area contributed by atoms with E-state index in [-0.39, 0.29) is 0 Å². The molecule has 1 aromatic rings. The highest BCUT2D eigenvalue weighted by atomic mass is 15.1. The summed E-state index contributed by atoms with van der Waals surface area (Å²) in [5.74, 6) is 0. The molecule has 0 fully saturated rings. The SMILES string of the molecule is CCN(C)CCNc1c(C)cccc1C#N. The third-order valence-electron chi connectivity index (χ3n) is 2.73. The van der Waals surface area contributed by atoms with E-state index in [9.17, 15) is 0 Å². The Morgan fingerprint density at radius 1 is 1.44 bits per heavy atom. The van der Waals surface area contributed by atoms with Gasteiger partial charge in [0.15, 0.2) is 0 Å². The Morgan fingerprint density at radius 3 is 2.81 bits per heavy atom. The Kier molecular flexibility index (Phi) is 4.81. The monoisotopic (exact) mass is 217 g/mol. The Bertz CT molecular complexity index is 379. The summed E-state index contributed by atoms with van der Waals surface area (Å²) >= 11 is 0. The molecule has 0 spiro atoms. The molecular weight excluding hydrogens is 198 g/mol. The van der Waals surface area contributed by atoms with E-state index in [1.165, 1.54) is 0 Å². The van der Waals surface area contributed by atoms with E-state index in [2.05, 4.69) is 30.3 Å². The molecule has 0 saturated carbocycles. The number of para-hydroxylation sites is 1. The number of rotatable bonds is 5. The lowest BCUT2D eigenvalue weighted by Crippen LogP contribution is -2.25. The lowest BCUT2D eigenvalue weighted by molar-refractivity contribution is 0.367. The molecule has 16 heavy (non-hydrogen) atoms. The molecule has 0 aliphatic carbocycles. The van der Waals surface area contributed by atoms with E-state index in [1.807, 2.05) is 25.1 Å². The van der Waals surface area contributed by atoms with Gasteiger partial charge in [0.05, 0.1) is 11.3 Å². The number of nitriles is 1. The van der Waals surface area contributed by atoms with Gasteiger partial charge in [-0.05, 0) is 32.1 Å². The van der Waals surface area contributed by atoms with E-state index in [0.717, 1.165) is 36.4 Å². The van der Waals surface area contributed by atoms with Crippen LogP contribution in [0, 0.1) is 18.3 Å². The molecule has 0 heterocycles. The van der Waals surface area contributed by atoms with E-state index in [4.69, 9.17) is 5.26 Å². The molecule has 1 N–H and O–H groups in total. The largest absolute Gasteiger partial charge is 0.382 e. The Hall–Kier alpha value is -1.53. The normalized spacial score (nSPS) is 10.2. The van der Waals surface area contributed by atoms with Crippen molar-refractivity contribution in [1.82, 2.24) is 4.90 Å². The van der Waals surface area contributed by atoms with Crippen LogP contribution >= 0.6 is 0 Å². The Morgan fingerprint density at radius 2 is 2.19 bits per heavy atom. The number of anilines is 1. The Balaban J connectivity index is 2.63. The summed E-state index contributed by atoms with van der Waals surface area (Å²) in [4.78, 5) is 2.23. The fourth-order valence-electron chi connectivity index (χ4n) is 1.53. The molecule has 0 bridgehead atoms. The molecule has 0 unspecified atom stereocenters. The molecule has 86 valence electrons. The molecule has 0 atom stereocenters. The highest BCUT2D eigenvalue weighted by Gasteiger charge is 2.04. The number of nitrogens with one attached hydrogen (secondary N) is 1. The van der Waals surface area contributed by atoms with Crippen LogP contribution in [0.4, 0.5) is 5.69 Å². The number of hydrogen-bond acceptors (Lipinski definition) is 3. The smallest absolute Gasteiger partial charge is 0.101 e. The van der Waals surface area contributed by atoms with Gasteiger partial charge in [0.1, 0.15) is 6.07 Å². The van der Waals surface area contributed by atoms with Crippen molar-refractivity contribution in [2.45, 2.75) is 13.8 Å². The topological polar surface area (TPSA) is 39.1 Å². The first kappa shape index (κ1) is 12.5. The molecule has 0 amide bonds. The van der Waals surface area contributed by atoms with Crippen LogP contribution < -0.4 is 5.32 Å². The third-order valence-corrected chi connectivity index (χ3v) is 2.73. The van der Waals surface area contributed by atoms with Crippen molar-refractivity contribution >= 4 is 5.69 Å². The number of benzene rings is 1. The fraction of sp³-hybridized carbons (Fsp3) is 0.462. The first-order valence-electron chi connectivity index (χ1n) is 5.61. The minimum atomic E-state index is 0.721. The molecule has 3 nitrogen and oxygen atoms in total. The quantitative estimate of drug-likeness (QED) is 0.822. The van der Waals surface area contributed by atoms with E-state index >= 15 is 0 Å². The lowest BCUT2D eigenvalue weighted by atomic mass is 10.1. The fourth-order valence-corrected chi connectivity index (χ4v) is 1.53. The second-order valence-electron chi connectivity index (χ2n) is 3.93. The zero-order valence-electron chi connectivity index (χ0n) is 10.2. The molecular formula is C13H19N3. The summed E-state index contributed by atoms with van der Waals surface area (Å²) in [6.45, 7) is 7.04. The summed E-state index contributed by atoms with van der Waals surface area (Å²) < 4.78 is 0. The summed E-state index contributed by atoms with van der Waals surface area (Å²) in [5.41, 5.74) is 2.81. The number of aryl methyl sites for hydroxylation is 1. The van der Waals surface area contributed by atoms with Crippen LogP contribution in [0.5, 0.6) is 0 Å². The molecule has 0 aromatic heterocycles. The van der Waals surface area contributed by atoms with Crippen LogP contribution in [-0.4, -0.2) is 31.6 Å².